The first-order chi connectivity index (χ1) is 6.76. The van der Waals surface area contributed by atoms with E-state index >= 15 is 0 Å². The number of halogens is 3. The van der Waals surface area contributed by atoms with Gasteiger partial charge in [-0.05, 0) is 24.3 Å². The molecule has 0 aromatic heterocycles. The number of hydrogen-bond acceptors (Lipinski definition) is 1. The van der Waals surface area contributed by atoms with Gasteiger partial charge in [0.15, 0.2) is 0 Å². The standard InChI is InChI=1S/C10H11Br2ClO/c11-5-8(6-12)7-14-10-3-1-9(13)2-4-10/h1-4,8H,5-7H2. The zero-order chi connectivity index (χ0) is 10.4. The van der Waals surface area contributed by atoms with Crippen molar-refractivity contribution in [2.24, 2.45) is 5.92 Å². The Hall–Kier alpha value is 0.270. The quantitative estimate of drug-likeness (QED) is 0.731. The van der Waals surface area contributed by atoms with Gasteiger partial charge in [0.2, 0.25) is 0 Å². The van der Waals surface area contributed by atoms with Gasteiger partial charge in [-0.3, -0.25) is 0 Å². The van der Waals surface area contributed by atoms with E-state index in [1.165, 1.54) is 0 Å². The number of benzene rings is 1. The van der Waals surface area contributed by atoms with Crippen LogP contribution >= 0.6 is 43.5 Å². The van der Waals surface area contributed by atoms with E-state index in [0.29, 0.717) is 12.5 Å². The Bertz CT molecular complexity index is 259. The minimum absolute atomic E-state index is 0.491. The van der Waals surface area contributed by atoms with E-state index in [0.717, 1.165) is 21.4 Å². The van der Waals surface area contributed by atoms with Crippen molar-refractivity contribution in [2.45, 2.75) is 0 Å². The largest absolute Gasteiger partial charge is 0.493 e. The summed E-state index contributed by atoms with van der Waals surface area (Å²) in [6.45, 7) is 0.706. The Labute approximate surface area is 106 Å². The van der Waals surface area contributed by atoms with Crippen LogP contribution in [0.2, 0.25) is 5.02 Å². The van der Waals surface area contributed by atoms with Crippen molar-refractivity contribution >= 4 is 43.5 Å². The van der Waals surface area contributed by atoms with Crippen LogP contribution in [0.3, 0.4) is 0 Å². The zero-order valence-corrected chi connectivity index (χ0v) is 11.5. The molecule has 0 aliphatic heterocycles. The molecule has 0 heterocycles. The average Bonchev–Trinajstić information content (AvgIpc) is 2.22. The molecule has 4 heteroatoms. The molecule has 0 atom stereocenters. The molecule has 0 amide bonds. The highest BCUT2D eigenvalue weighted by molar-refractivity contribution is 9.09. The van der Waals surface area contributed by atoms with Crippen molar-refractivity contribution in [3.05, 3.63) is 29.3 Å². The molecule has 0 aliphatic carbocycles. The van der Waals surface area contributed by atoms with E-state index in [-0.39, 0.29) is 0 Å². The van der Waals surface area contributed by atoms with E-state index in [2.05, 4.69) is 31.9 Å². The van der Waals surface area contributed by atoms with E-state index in [1.807, 2.05) is 24.3 Å². The average molecular weight is 342 g/mol. The zero-order valence-electron chi connectivity index (χ0n) is 7.55. The summed E-state index contributed by atoms with van der Waals surface area (Å²) in [5.74, 6) is 1.35. The summed E-state index contributed by atoms with van der Waals surface area (Å²) in [7, 11) is 0. The predicted octanol–water partition coefficient (Wildman–Crippen LogP) is 4.12. The number of rotatable bonds is 5. The van der Waals surface area contributed by atoms with Gasteiger partial charge in [0.05, 0.1) is 6.61 Å². The van der Waals surface area contributed by atoms with Gasteiger partial charge < -0.3 is 4.74 Å². The first-order valence-electron chi connectivity index (χ1n) is 4.26. The number of ether oxygens (including phenoxy) is 1. The molecule has 0 saturated carbocycles. The molecule has 14 heavy (non-hydrogen) atoms. The Morgan fingerprint density at radius 2 is 1.71 bits per heavy atom. The molecule has 0 spiro atoms. The summed E-state index contributed by atoms with van der Waals surface area (Å²) >= 11 is 12.6. The lowest BCUT2D eigenvalue weighted by atomic mass is 10.2. The van der Waals surface area contributed by atoms with Gasteiger partial charge >= 0.3 is 0 Å². The SMILES string of the molecule is Clc1ccc(OCC(CBr)CBr)cc1. The molecule has 0 radical (unpaired) electrons. The molecule has 0 unspecified atom stereocenters. The summed E-state index contributed by atoms with van der Waals surface area (Å²) in [6.07, 6.45) is 0. The van der Waals surface area contributed by atoms with Crippen LogP contribution in [0.1, 0.15) is 0 Å². The Morgan fingerprint density at radius 1 is 1.14 bits per heavy atom. The van der Waals surface area contributed by atoms with Crippen molar-refractivity contribution in [3.8, 4) is 5.75 Å². The maximum Gasteiger partial charge on any atom is 0.119 e. The van der Waals surface area contributed by atoms with Crippen LogP contribution < -0.4 is 4.74 Å². The van der Waals surface area contributed by atoms with E-state index in [9.17, 15) is 0 Å². The van der Waals surface area contributed by atoms with Crippen LogP contribution in [0.25, 0.3) is 0 Å². The molecule has 0 N–H and O–H groups in total. The second kappa shape index (κ2) is 6.70. The normalized spacial score (nSPS) is 10.6. The molecule has 1 rings (SSSR count). The summed E-state index contributed by atoms with van der Waals surface area (Å²) in [5.41, 5.74) is 0. The molecule has 0 saturated heterocycles. The van der Waals surface area contributed by atoms with Crippen molar-refractivity contribution < 1.29 is 4.74 Å². The monoisotopic (exact) mass is 340 g/mol. The highest BCUT2D eigenvalue weighted by atomic mass is 79.9. The van der Waals surface area contributed by atoms with Crippen molar-refractivity contribution in [3.63, 3.8) is 0 Å². The molecule has 78 valence electrons. The second-order valence-corrected chi connectivity index (χ2v) is 4.67. The minimum Gasteiger partial charge on any atom is -0.493 e. The van der Waals surface area contributed by atoms with Crippen LogP contribution in [0, 0.1) is 5.92 Å². The van der Waals surface area contributed by atoms with Gasteiger partial charge in [-0.1, -0.05) is 43.5 Å². The Balaban J connectivity index is 2.41. The lowest BCUT2D eigenvalue weighted by molar-refractivity contribution is 0.277. The summed E-state index contributed by atoms with van der Waals surface area (Å²) in [6, 6.07) is 7.41. The maximum atomic E-state index is 5.76. The summed E-state index contributed by atoms with van der Waals surface area (Å²) in [4.78, 5) is 0. The van der Waals surface area contributed by atoms with Gasteiger partial charge in [-0.25, -0.2) is 0 Å². The van der Waals surface area contributed by atoms with E-state index < -0.39 is 0 Å². The van der Waals surface area contributed by atoms with Gasteiger partial charge in [0.25, 0.3) is 0 Å². The third-order valence-corrected chi connectivity index (χ3v) is 3.82. The summed E-state index contributed by atoms with van der Waals surface area (Å²) < 4.78 is 5.59. The second-order valence-electron chi connectivity index (χ2n) is 2.94. The van der Waals surface area contributed by atoms with Gasteiger partial charge in [-0.15, -0.1) is 0 Å². The highest BCUT2D eigenvalue weighted by Crippen LogP contribution is 2.17. The van der Waals surface area contributed by atoms with Gasteiger partial charge in [-0.2, -0.15) is 0 Å². The molecular weight excluding hydrogens is 331 g/mol. The third-order valence-electron chi connectivity index (χ3n) is 1.74. The lowest BCUT2D eigenvalue weighted by Gasteiger charge is -2.12. The van der Waals surface area contributed by atoms with Crippen LogP contribution in [0.5, 0.6) is 5.75 Å². The number of alkyl halides is 2. The van der Waals surface area contributed by atoms with E-state index in [1.54, 1.807) is 0 Å². The fourth-order valence-electron chi connectivity index (χ4n) is 0.875. The van der Waals surface area contributed by atoms with Gasteiger partial charge in [0, 0.05) is 21.6 Å². The van der Waals surface area contributed by atoms with Crippen LogP contribution in [0.15, 0.2) is 24.3 Å². The molecule has 1 aromatic rings. The molecule has 0 bridgehead atoms. The fourth-order valence-corrected chi connectivity index (χ4v) is 2.45. The van der Waals surface area contributed by atoms with Crippen molar-refractivity contribution in [1.29, 1.82) is 0 Å². The molecule has 1 aromatic carbocycles. The van der Waals surface area contributed by atoms with Crippen LogP contribution in [-0.4, -0.2) is 17.3 Å². The van der Waals surface area contributed by atoms with Crippen molar-refractivity contribution in [1.82, 2.24) is 0 Å². The first-order valence-corrected chi connectivity index (χ1v) is 6.88. The van der Waals surface area contributed by atoms with Gasteiger partial charge in [0.1, 0.15) is 5.75 Å². The van der Waals surface area contributed by atoms with Crippen LogP contribution in [-0.2, 0) is 0 Å². The summed E-state index contributed by atoms with van der Waals surface area (Å²) in [5, 5.41) is 2.60. The number of hydrogen-bond donors (Lipinski definition) is 0. The van der Waals surface area contributed by atoms with Crippen LogP contribution in [0.4, 0.5) is 0 Å². The van der Waals surface area contributed by atoms with Crippen molar-refractivity contribution in [2.75, 3.05) is 17.3 Å². The van der Waals surface area contributed by atoms with E-state index in [4.69, 9.17) is 16.3 Å². The smallest absolute Gasteiger partial charge is 0.119 e. The minimum atomic E-state index is 0.491. The predicted molar refractivity (Wildman–Crippen MR) is 68.0 cm³/mol. The first kappa shape index (κ1) is 12.3. The third kappa shape index (κ3) is 4.20. The molecular formula is C10H11Br2ClO. The Kier molecular flexibility index (Phi) is 5.90. The topological polar surface area (TPSA) is 9.23 Å². The lowest BCUT2D eigenvalue weighted by Crippen LogP contribution is -2.14. The molecule has 0 fully saturated rings. The molecule has 1 nitrogen and oxygen atoms in total. The fraction of sp³-hybridized carbons (Fsp3) is 0.400. The highest BCUT2D eigenvalue weighted by Gasteiger charge is 2.05. The maximum absolute atomic E-state index is 5.76. The molecule has 0 aliphatic rings. The Morgan fingerprint density at radius 3 is 2.21 bits per heavy atom.